The monoisotopic (exact) mass is 335 g/mol. The number of hydrogen-bond donors (Lipinski definition) is 1. The number of carbonyl (C=O) groups excluding carboxylic acids is 2. The zero-order valence-electron chi connectivity index (χ0n) is 13.6. The molecule has 130 valence electrons. The number of hydrogen-bond acceptors (Lipinski definition) is 5. The standard InChI is InChI=1S/C16H21N3O5/c1-24-7-6-18(11-15(21)22)16(23)12-8-14(20)19(9-12)10-13-4-2-3-5-17-13/h2-5,12H,6-11H2,1H3,(H,21,22)/t12-/m1/s1. The molecule has 0 spiro atoms. The van der Waals surface area contributed by atoms with Gasteiger partial charge in [0.2, 0.25) is 11.8 Å². The molecule has 0 bridgehead atoms. The molecule has 8 nitrogen and oxygen atoms in total. The number of ether oxygens (including phenoxy) is 1. The van der Waals surface area contributed by atoms with Crippen molar-refractivity contribution in [1.82, 2.24) is 14.8 Å². The van der Waals surface area contributed by atoms with Gasteiger partial charge in [-0.1, -0.05) is 6.07 Å². The van der Waals surface area contributed by atoms with Crippen LogP contribution in [0.5, 0.6) is 0 Å². The summed E-state index contributed by atoms with van der Waals surface area (Å²) in [6.45, 7) is 0.662. The molecule has 2 heterocycles. The molecule has 1 fully saturated rings. The zero-order valence-corrected chi connectivity index (χ0v) is 13.6. The number of aliphatic carboxylic acids is 1. The molecule has 1 N–H and O–H groups in total. The summed E-state index contributed by atoms with van der Waals surface area (Å²) >= 11 is 0. The average molecular weight is 335 g/mol. The molecule has 0 saturated carbocycles. The van der Waals surface area contributed by atoms with E-state index in [0.717, 1.165) is 5.69 Å². The van der Waals surface area contributed by atoms with Crippen molar-refractivity contribution >= 4 is 17.8 Å². The summed E-state index contributed by atoms with van der Waals surface area (Å²) in [7, 11) is 1.48. The quantitative estimate of drug-likeness (QED) is 0.717. The van der Waals surface area contributed by atoms with Crippen molar-refractivity contribution in [3.8, 4) is 0 Å². The van der Waals surface area contributed by atoms with Gasteiger partial charge in [0.25, 0.3) is 0 Å². The van der Waals surface area contributed by atoms with Gasteiger partial charge in [-0.25, -0.2) is 0 Å². The number of likely N-dealkylation sites (tertiary alicyclic amines) is 1. The van der Waals surface area contributed by atoms with Crippen molar-refractivity contribution in [2.45, 2.75) is 13.0 Å². The summed E-state index contributed by atoms with van der Waals surface area (Å²) < 4.78 is 4.92. The third-order valence-electron chi connectivity index (χ3n) is 3.85. The Bertz CT molecular complexity index is 593. The number of rotatable bonds is 8. The van der Waals surface area contributed by atoms with Gasteiger partial charge in [0.1, 0.15) is 6.54 Å². The molecule has 1 aromatic heterocycles. The minimum Gasteiger partial charge on any atom is -0.480 e. The van der Waals surface area contributed by atoms with Crippen molar-refractivity contribution in [3.05, 3.63) is 30.1 Å². The zero-order chi connectivity index (χ0) is 17.5. The molecule has 1 atom stereocenters. The smallest absolute Gasteiger partial charge is 0.323 e. The molecule has 2 amide bonds. The highest BCUT2D eigenvalue weighted by molar-refractivity contribution is 5.90. The fourth-order valence-corrected chi connectivity index (χ4v) is 2.67. The number of carboxylic acid groups (broad SMARTS) is 1. The lowest BCUT2D eigenvalue weighted by Gasteiger charge is -2.23. The first kappa shape index (κ1) is 17.9. The lowest BCUT2D eigenvalue weighted by atomic mass is 10.1. The van der Waals surface area contributed by atoms with Crippen LogP contribution in [0.3, 0.4) is 0 Å². The predicted octanol–water partition coefficient (Wildman–Crippen LogP) is -0.0103. The van der Waals surface area contributed by atoms with E-state index in [4.69, 9.17) is 9.84 Å². The summed E-state index contributed by atoms with van der Waals surface area (Å²) in [6.07, 6.45) is 1.74. The van der Waals surface area contributed by atoms with Crippen LogP contribution in [0.4, 0.5) is 0 Å². The first-order valence-corrected chi connectivity index (χ1v) is 7.68. The van der Waals surface area contributed by atoms with Crippen molar-refractivity contribution in [3.63, 3.8) is 0 Å². The van der Waals surface area contributed by atoms with Gasteiger partial charge in [-0.3, -0.25) is 19.4 Å². The van der Waals surface area contributed by atoms with E-state index in [1.54, 1.807) is 17.2 Å². The molecule has 0 aliphatic carbocycles. The number of nitrogens with zero attached hydrogens (tertiary/aromatic N) is 3. The Morgan fingerprint density at radius 3 is 2.88 bits per heavy atom. The number of aromatic nitrogens is 1. The van der Waals surface area contributed by atoms with E-state index in [2.05, 4.69) is 4.98 Å². The van der Waals surface area contributed by atoms with E-state index in [-0.39, 0.29) is 37.9 Å². The van der Waals surface area contributed by atoms with E-state index in [0.29, 0.717) is 6.54 Å². The van der Waals surface area contributed by atoms with E-state index in [9.17, 15) is 14.4 Å². The summed E-state index contributed by atoms with van der Waals surface area (Å²) in [5, 5.41) is 8.95. The Kier molecular flexibility index (Phi) is 6.25. The molecule has 0 unspecified atom stereocenters. The SMILES string of the molecule is COCCN(CC(=O)O)C(=O)[C@@H]1CC(=O)N(Cc2ccccn2)C1. The lowest BCUT2D eigenvalue weighted by molar-refractivity contribution is -0.146. The van der Waals surface area contributed by atoms with Crippen molar-refractivity contribution < 1.29 is 24.2 Å². The Morgan fingerprint density at radius 2 is 2.25 bits per heavy atom. The van der Waals surface area contributed by atoms with Crippen LogP contribution < -0.4 is 0 Å². The minimum atomic E-state index is -1.09. The van der Waals surface area contributed by atoms with E-state index in [1.165, 1.54) is 12.0 Å². The molecule has 24 heavy (non-hydrogen) atoms. The first-order valence-electron chi connectivity index (χ1n) is 7.68. The maximum Gasteiger partial charge on any atom is 0.323 e. The van der Waals surface area contributed by atoms with Crippen LogP contribution in [0.25, 0.3) is 0 Å². The van der Waals surface area contributed by atoms with E-state index in [1.807, 2.05) is 12.1 Å². The van der Waals surface area contributed by atoms with Gasteiger partial charge in [-0.05, 0) is 12.1 Å². The van der Waals surface area contributed by atoms with Gasteiger partial charge < -0.3 is 19.6 Å². The molecule has 1 aromatic rings. The summed E-state index contributed by atoms with van der Waals surface area (Å²) in [6, 6.07) is 5.45. The van der Waals surface area contributed by atoms with Gasteiger partial charge in [0.15, 0.2) is 0 Å². The highest BCUT2D eigenvalue weighted by atomic mass is 16.5. The van der Waals surface area contributed by atoms with Crippen LogP contribution in [0, 0.1) is 5.92 Å². The largest absolute Gasteiger partial charge is 0.480 e. The fourth-order valence-electron chi connectivity index (χ4n) is 2.67. The average Bonchev–Trinajstić information content (AvgIpc) is 2.92. The minimum absolute atomic E-state index is 0.0920. The molecule has 2 rings (SSSR count). The highest BCUT2D eigenvalue weighted by Crippen LogP contribution is 2.21. The molecule has 0 aromatic carbocycles. The van der Waals surface area contributed by atoms with Crippen LogP contribution in [0.1, 0.15) is 12.1 Å². The second kappa shape index (κ2) is 8.39. The Labute approximate surface area is 140 Å². The van der Waals surface area contributed by atoms with Crippen molar-refractivity contribution in [1.29, 1.82) is 0 Å². The molecule has 8 heteroatoms. The summed E-state index contributed by atoms with van der Waals surface area (Å²) in [5.41, 5.74) is 0.751. The molecular formula is C16H21N3O5. The number of pyridine rings is 1. The van der Waals surface area contributed by atoms with Gasteiger partial charge in [0.05, 0.1) is 24.8 Å². The van der Waals surface area contributed by atoms with E-state index >= 15 is 0 Å². The highest BCUT2D eigenvalue weighted by Gasteiger charge is 2.36. The number of carbonyl (C=O) groups is 3. The summed E-state index contributed by atoms with van der Waals surface area (Å²) in [4.78, 5) is 42.6. The predicted molar refractivity (Wildman–Crippen MR) is 83.9 cm³/mol. The Hall–Kier alpha value is -2.48. The van der Waals surface area contributed by atoms with Gasteiger partial charge in [0, 0.05) is 32.8 Å². The number of methoxy groups -OCH3 is 1. The fraction of sp³-hybridized carbons (Fsp3) is 0.500. The molecule has 1 aliphatic heterocycles. The molecule has 1 saturated heterocycles. The molecule has 0 radical (unpaired) electrons. The number of carboxylic acids is 1. The van der Waals surface area contributed by atoms with Crippen molar-refractivity contribution in [2.75, 3.05) is 33.4 Å². The normalized spacial score (nSPS) is 17.1. The summed E-state index contributed by atoms with van der Waals surface area (Å²) in [5.74, 6) is -2.07. The Morgan fingerprint density at radius 1 is 1.46 bits per heavy atom. The van der Waals surface area contributed by atoms with Crippen LogP contribution in [-0.4, -0.2) is 71.0 Å². The van der Waals surface area contributed by atoms with Crippen LogP contribution in [0.2, 0.25) is 0 Å². The third-order valence-corrected chi connectivity index (χ3v) is 3.85. The van der Waals surface area contributed by atoms with Crippen molar-refractivity contribution in [2.24, 2.45) is 5.92 Å². The maximum atomic E-state index is 12.5. The van der Waals surface area contributed by atoms with Crippen LogP contribution in [0.15, 0.2) is 24.4 Å². The molecular weight excluding hydrogens is 314 g/mol. The second-order valence-electron chi connectivity index (χ2n) is 5.64. The Balaban J connectivity index is 1.99. The maximum absolute atomic E-state index is 12.5. The number of amides is 2. The van der Waals surface area contributed by atoms with Crippen LogP contribution in [-0.2, 0) is 25.7 Å². The van der Waals surface area contributed by atoms with Gasteiger partial charge in [-0.15, -0.1) is 0 Å². The topological polar surface area (TPSA) is 100 Å². The van der Waals surface area contributed by atoms with Crippen LogP contribution >= 0.6 is 0 Å². The van der Waals surface area contributed by atoms with Gasteiger partial charge in [-0.2, -0.15) is 0 Å². The lowest BCUT2D eigenvalue weighted by Crippen LogP contribution is -2.42. The third kappa shape index (κ3) is 4.76. The first-order chi connectivity index (χ1) is 11.5. The van der Waals surface area contributed by atoms with Gasteiger partial charge >= 0.3 is 5.97 Å². The van der Waals surface area contributed by atoms with E-state index < -0.39 is 18.4 Å². The molecule has 1 aliphatic rings. The second-order valence-corrected chi connectivity index (χ2v) is 5.64.